The number of halogens is 5. The summed E-state index contributed by atoms with van der Waals surface area (Å²) in [5, 5.41) is 6.45. The molecule has 2 amide bonds. The number of hydrogen-bond donors (Lipinski definition) is 1. The van der Waals surface area contributed by atoms with E-state index in [0.717, 1.165) is 22.7 Å². The summed E-state index contributed by atoms with van der Waals surface area (Å²) in [7, 11) is 0. The molecule has 11 nitrogen and oxygen atoms in total. The lowest BCUT2D eigenvalue weighted by molar-refractivity contribution is -0.137. The monoisotopic (exact) mass is 688 g/mol. The van der Waals surface area contributed by atoms with Gasteiger partial charge in [0.2, 0.25) is 16.4 Å². The van der Waals surface area contributed by atoms with Crippen LogP contribution in [0.5, 0.6) is 0 Å². The van der Waals surface area contributed by atoms with E-state index in [1.54, 1.807) is 32.6 Å². The van der Waals surface area contributed by atoms with Gasteiger partial charge in [0.15, 0.2) is 0 Å². The number of anilines is 1. The lowest BCUT2D eigenvalue weighted by Crippen LogP contribution is -2.39. The van der Waals surface area contributed by atoms with Crippen molar-refractivity contribution in [3.8, 4) is 0 Å². The van der Waals surface area contributed by atoms with Crippen molar-refractivity contribution in [3.63, 3.8) is 0 Å². The van der Waals surface area contributed by atoms with Crippen molar-refractivity contribution in [2.75, 3.05) is 18.4 Å². The molecule has 16 heteroatoms. The van der Waals surface area contributed by atoms with Gasteiger partial charge in [-0.3, -0.25) is 9.59 Å². The number of benzene rings is 1. The van der Waals surface area contributed by atoms with Gasteiger partial charge in [0.05, 0.1) is 33.6 Å². The van der Waals surface area contributed by atoms with Crippen LogP contribution in [0.2, 0.25) is 5.02 Å². The average molecular weight is 690 g/mol. The number of rotatable bonds is 3. The molecule has 4 heterocycles. The third-order valence-electron chi connectivity index (χ3n) is 7.32. The van der Waals surface area contributed by atoms with Crippen LogP contribution in [-0.2, 0) is 32.6 Å². The Labute approximate surface area is 257 Å². The standard InChI is InChI=1S/C27H29BrClF3N6O5/c1-14-20-19(26(42-14)8-5-10-36(11-9-26)24(41)43-25(2,3)4)21(40)38-23(34-22(28)35-38)37(20)13-18(39)33-17-7-6-15(12-16(17)29)27(30,31)32/h6-7,12,14H,5,8-11,13H2,1-4H3,(H,33,39)/t14-,26-/m1/s1. The largest absolute Gasteiger partial charge is 0.444 e. The molecule has 1 fully saturated rings. The number of ether oxygens (including phenoxy) is 2. The van der Waals surface area contributed by atoms with E-state index in [9.17, 15) is 27.6 Å². The second-order valence-corrected chi connectivity index (χ2v) is 12.7. The minimum absolute atomic E-state index is 0.0113. The molecule has 0 bridgehead atoms. The molecular formula is C27H29BrClF3N6O5. The molecule has 2 aliphatic rings. The van der Waals surface area contributed by atoms with Crippen LogP contribution < -0.4 is 10.9 Å². The Hall–Kier alpha value is -3.17. The predicted molar refractivity (Wildman–Crippen MR) is 153 cm³/mol. The molecule has 232 valence electrons. The van der Waals surface area contributed by atoms with Gasteiger partial charge in [-0.05, 0) is 81.1 Å². The zero-order valence-corrected chi connectivity index (χ0v) is 26.1. The molecule has 1 spiro atoms. The van der Waals surface area contributed by atoms with Crippen LogP contribution in [-0.4, -0.2) is 54.8 Å². The summed E-state index contributed by atoms with van der Waals surface area (Å²) in [5.41, 5.74) is -2.41. The van der Waals surface area contributed by atoms with E-state index in [2.05, 4.69) is 31.3 Å². The third kappa shape index (κ3) is 6.11. The van der Waals surface area contributed by atoms with Crippen molar-refractivity contribution < 1.29 is 32.2 Å². The van der Waals surface area contributed by atoms with Crippen LogP contribution in [0.1, 0.15) is 69.9 Å². The van der Waals surface area contributed by atoms with Crippen LogP contribution in [0.4, 0.5) is 23.7 Å². The Morgan fingerprint density at radius 2 is 1.95 bits per heavy atom. The fraction of sp³-hybridized carbons (Fsp3) is 0.519. The zero-order chi connectivity index (χ0) is 31.5. The van der Waals surface area contributed by atoms with Crippen LogP contribution >= 0.6 is 27.5 Å². The van der Waals surface area contributed by atoms with Gasteiger partial charge in [-0.15, -0.1) is 5.10 Å². The first-order chi connectivity index (χ1) is 20.0. The summed E-state index contributed by atoms with van der Waals surface area (Å²) in [4.78, 5) is 45.8. The highest BCUT2D eigenvalue weighted by atomic mass is 79.9. The fourth-order valence-electron chi connectivity index (χ4n) is 5.62. The molecule has 0 unspecified atom stereocenters. The van der Waals surface area contributed by atoms with E-state index in [1.807, 2.05) is 0 Å². The van der Waals surface area contributed by atoms with Crippen molar-refractivity contribution in [3.05, 3.63) is 55.1 Å². The van der Waals surface area contributed by atoms with Crippen molar-refractivity contribution in [2.45, 2.75) is 77.0 Å². The van der Waals surface area contributed by atoms with Crippen molar-refractivity contribution >= 4 is 51.0 Å². The molecule has 5 rings (SSSR count). The first-order valence-electron chi connectivity index (χ1n) is 13.5. The summed E-state index contributed by atoms with van der Waals surface area (Å²) >= 11 is 9.25. The molecule has 0 saturated carbocycles. The van der Waals surface area contributed by atoms with E-state index in [0.29, 0.717) is 37.1 Å². The topological polar surface area (TPSA) is 120 Å². The van der Waals surface area contributed by atoms with Gasteiger partial charge in [-0.2, -0.15) is 22.7 Å². The van der Waals surface area contributed by atoms with Gasteiger partial charge in [0.25, 0.3) is 5.56 Å². The molecule has 1 N–H and O–H groups in total. The van der Waals surface area contributed by atoms with E-state index >= 15 is 0 Å². The van der Waals surface area contributed by atoms with Crippen molar-refractivity contribution in [1.82, 2.24) is 24.1 Å². The van der Waals surface area contributed by atoms with Crippen molar-refractivity contribution in [1.29, 1.82) is 0 Å². The first-order valence-corrected chi connectivity index (χ1v) is 14.7. The Bertz CT molecular complexity index is 1670. The maximum atomic E-state index is 13.9. The third-order valence-corrected chi connectivity index (χ3v) is 7.97. The first kappa shape index (κ1) is 31.3. The molecule has 1 aromatic carbocycles. The summed E-state index contributed by atoms with van der Waals surface area (Å²) in [6.07, 6.45) is -4.44. The molecule has 0 aliphatic carbocycles. The second-order valence-electron chi connectivity index (χ2n) is 11.6. The smallest absolute Gasteiger partial charge is 0.416 e. The van der Waals surface area contributed by atoms with Gasteiger partial charge in [0.1, 0.15) is 17.7 Å². The molecular weight excluding hydrogens is 661 g/mol. The Morgan fingerprint density at radius 1 is 1.23 bits per heavy atom. The van der Waals surface area contributed by atoms with E-state index in [-0.39, 0.29) is 34.3 Å². The molecule has 3 aromatic rings. The number of likely N-dealkylation sites (tertiary alicyclic amines) is 1. The van der Waals surface area contributed by atoms with Gasteiger partial charge in [-0.1, -0.05) is 11.6 Å². The number of nitrogens with zero attached hydrogens (tertiary/aromatic N) is 5. The average Bonchev–Trinajstić information content (AvgIpc) is 3.32. The van der Waals surface area contributed by atoms with Gasteiger partial charge in [0, 0.05) is 13.1 Å². The Balaban J connectivity index is 1.50. The highest BCUT2D eigenvalue weighted by Crippen LogP contribution is 2.48. The number of carbonyl (C=O) groups is 2. The minimum atomic E-state index is -4.59. The highest BCUT2D eigenvalue weighted by molar-refractivity contribution is 9.10. The summed E-state index contributed by atoms with van der Waals surface area (Å²) in [5.74, 6) is -0.556. The fourth-order valence-corrected chi connectivity index (χ4v) is 6.16. The maximum Gasteiger partial charge on any atom is 0.416 e. The van der Waals surface area contributed by atoms with Gasteiger partial charge >= 0.3 is 12.3 Å². The quantitative estimate of drug-likeness (QED) is 0.376. The van der Waals surface area contributed by atoms with E-state index < -0.39 is 46.6 Å². The number of hydrogen-bond acceptors (Lipinski definition) is 7. The van der Waals surface area contributed by atoms with Crippen LogP contribution in [0, 0.1) is 0 Å². The normalized spacial score (nSPS) is 20.8. The molecule has 2 atom stereocenters. The number of fused-ring (bicyclic) bond motifs is 3. The summed E-state index contributed by atoms with van der Waals surface area (Å²) in [6.45, 7) is 7.42. The summed E-state index contributed by atoms with van der Waals surface area (Å²) in [6, 6.07) is 2.62. The van der Waals surface area contributed by atoms with Crippen LogP contribution in [0.3, 0.4) is 0 Å². The highest BCUT2D eigenvalue weighted by Gasteiger charge is 2.49. The minimum Gasteiger partial charge on any atom is -0.444 e. The number of nitrogens with one attached hydrogen (secondary N) is 1. The van der Waals surface area contributed by atoms with Crippen LogP contribution in [0.25, 0.3) is 5.78 Å². The van der Waals surface area contributed by atoms with Crippen LogP contribution in [0.15, 0.2) is 27.7 Å². The molecule has 43 heavy (non-hydrogen) atoms. The number of alkyl halides is 3. The molecule has 1 saturated heterocycles. The van der Waals surface area contributed by atoms with Gasteiger partial charge < -0.3 is 24.3 Å². The molecule has 2 aliphatic heterocycles. The maximum absolute atomic E-state index is 13.9. The van der Waals surface area contributed by atoms with E-state index in [4.69, 9.17) is 21.1 Å². The lowest BCUT2D eigenvalue weighted by atomic mass is 9.87. The lowest BCUT2D eigenvalue weighted by Gasteiger charge is -2.29. The van der Waals surface area contributed by atoms with Crippen molar-refractivity contribution in [2.24, 2.45) is 0 Å². The number of aromatic nitrogens is 4. The zero-order valence-electron chi connectivity index (χ0n) is 23.7. The number of amides is 2. The number of carbonyl (C=O) groups excluding carboxylic acids is 2. The predicted octanol–water partition coefficient (Wildman–Crippen LogP) is 5.67. The van der Waals surface area contributed by atoms with Gasteiger partial charge in [-0.25, -0.2) is 4.79 Å². The second kappa shape index (κ2) is 11.1. The summed E-state index contributed by atoms with van der Waals surface area (Å²) < 4.78 is 53.9. The molecule has 0 radical (unpaired) electrons. The van der Waals surface area contributed by atoms with E-state index in [1.165, 1.54) is 4.57 Å². The Kier molecular flexibility index (Phi) is 8.05. The Morgan fingerprint density at radius 3 is 2.60 bits per heavy atom. The molecule has 2 aromatic heterocycles. The SMILES string of the molecule is C[C@H]1O[C@@]2(CCCN(C(=O)OC(C)(C)C)CC2)c2c1n(CC(=O)Nc1ccc(C(F)(F)F)cc1Cl)c1nc(Br)nn1c2=O.